The number of methoxy groups -OCH3 is 1. The second-order valence-electron chi connectivity index (χ2n) is 6.50. The second kappa shape index (κ2) is 8.03. The van der Waals surface area contributed by atoms with Crippen LogP contribution in [0.1, 0.15) is 4.88 Å². The minimum atomic E-state index is -0.443. The van der Waals surface area contributed by atoms with Crippen LogP contribution in [0.15, 0.2) is 53.3 Å². The molecule has 1 N–H and O–H groups in total. The highest BCUT2D eigenvalue weighted by Gasteiger charge is 2.16. The van der Waals surface area contributed by atoms with Gasteiger partial charge in [-0.3, -0.25) is 9.59 Å². The summed E-state index contributed by atoms with van der Waals surface area (Å²) in [5.41, 5.74) is 1.03. The van der Waals surface area contributed by atoms with Crippen molar-refractivity contribution in [2.75, 3.05) is 12.4 Å². The van der Waals surface area contributed by atoms with Crippen molar-refractivity contribution in [3.63, 3.8) is 0 Å². The fourth-order valence-electron chi connectivity index (χ4n) is 3.08. The molecule has 0 saturated heterocycles. The van der Waals surface area contributed by atoms with Crippen LogP contribution in [-0.2, 0) is 11.3 Å². The number of amides is 1. The third-order valence-electron chi connectivity index (χ3n) is 4.48. The molecule has 2 aromatic carbocycles. The van der Waals surface area contributed by atoms with Gasteiger partial charge in [0.25, 0.3) is 5.56 Å². The van der Waals surface area contributed by atoms with Crippen molar-refractivity contribution in [1.29, 1.82) is 0 Å². The normalized spacial score (nSPS) is 10.9. The lowest BCUT2D eigenvalue weighted by Gasteiger charge is -2.09. The first-order valence-corrected chi connectivity index (χ1v) is 9.85. The van der Waals surface area contributed by atoms with Crippen molar-refractivity contribution in [1.82, 2.24) is 14.8 Å². The van der Waals surface area contributed by atoms with Gasteiger partial charge in [0.15, 0.2) is 5.13 Å². The maximum absolute atomic E-state index is 13.2. The summed E-state index contributed by atoms with van der Waals surface area (Å²) < 4.78 is 19.5. The highest BCUT2D eigenvalue weighted by molar-refractivity contribution is 7.16. The van der Waals surface area contributed by atoms with Gasteiger partial charge in [-0.1, -0.05) is 12.1 Å². The van der Waals surface area contributed by atoms with Crippen molar-refractivity contribution >= 4 is 33.1 Å². The number of fused-ring (bicyclic) bond motifs is 1. The van der Waals surface area contributed by atoms with Crippen LogP contribution in [0.3, 0.4) is 0 Å². The van der Waals surface area contributed by atoms with Gasteiger partial charge >= 0.3 is 0 Å². The monoisotopic (exact) mass is 424 g/mol. The van der Waals surface area contributed by atoms with E-state index in [1.54, 1.807) is 36.4 Å². The number of thiazole rings is 1. The number of anilines is 1. The van der Waals surface area contributed by atoms with Crippen molar-refractivity contribution in [3.05, 3.63) is 69.6 Å². The highest BCUT2D eigenvalue weighted by Crippen LogP contribution is 2.30. The number of halogens is 1. The Hall–Kier alpha value is -3.59. The molecule has 30 heavy (non-hydrogen) atoms. The van der Waals surface area contributed by atoms with E-state index in [0.29, 0.717) is 21.6 Å². The Morgan fingerprint density at radius 2 is 1.87 bits per heavy atom. The third-order valence-corrected chi connectivity index (χ3v) is 5.37. The third kappa shape index (κ3) is 3.79. The van der Waals surface area contributed by atoms with Crippen LogP contribution in [0.4, 0.5) is 9.52 Å². The van der Waals surface area contributed by atoms with E-state index < -0.39 is 5.91 Å². The highest BCUT2D eigenvalue weighted by atomic mass is 32.1. The number of nitrogens with zero attached hydrogens (tertiary/aromatic N) is 3. The summed E-state index contributed by atoms with van der Waals surface area (Å²) in [4.78, 5) is 30.5. The molecule has 2 aromatic heterocycles. The van der Waals surface area contributed by atoms with Crippen LogP contribution >= 0.6 is 11.3 Å². The average Bonchev–Trinajstić information content (AvgIpc) is 3.10. The summed E-state index contributed by atoms with van der Waals surface area (Å²) >= 11 is 1.30. The molecule has 2 heterocycles. The molecular formula is C21H17FN4O3S. The van der Waals surface area contributed by atoms with E-state index in [1.165, 1.54) is 30.6 Å². The number of rotatable bonds is 5. The molecule has 0 radical (unpaired) electrons. The first kappa shape index (κ1) is 19.7. The minimum Gasteiger partial charge on any atom is -0.480 e. The Morgan fingerprint density at radius 1 is 1.17 bits per heavy atom. The Kier molecular flexibility index (Phi) is 5.28. The molecule has 1 amide bonds. The van der Waals surface area contributed by atoms with Crippen LogP contribution in [-0.4, -0.2) is 27.8 Å². The molecule has 4 rings (SSSR count). The van der Waals surface area contributed by atoms with Gasteiger partial charge in [0, 0.05) is 10.4 Å². The number of benzene rings is 2. The summed E-state index contributed by atoms with van der Waals surface area (Å²) in [7, 11) is 1.46. The number of aryl methyl sites for hydroxylation is 1. The summed E-state index contributed by atoms with van der Waals surface area (Å²) in [5.74, 6) is -0.507. The van der Waals surface area contributed by atoms with Gasteiger partial charge in [0.2, 0.25) is 11.8 Å². The molecule has 0 spiro atoms. The summed E-state index contributed by atoms with van der Waals surface area (Å²) in [6.45, 7) is 1.58. The molecule has 7 nitrogen and oxygen atoms in total. The Balaban J connectivity index is 1.57. The van der Waals surface area contributed by atoms with Gasteiger partial charge in [-0.05, 0) is 43.3 Å². The summed E-state index contributed by atoms with van der Waals surface area (Å²) in [5, 5.41) is 8.24. The molecule has 9 heteroatoms. The lowest BCUT2D eigenvalue weighted by Crippen LogP contribution is -2.30. The molecule has 0 bridgehead atoms. The molecule has 0 aliphatic rings. The summed E-state index contributed by atoms with van der Waals surface area (Å²) in [6, 6.07) is 12.9. The number of hydrogen-bond acceptors (Lipinski definition) is 6. The van der Waals surface area contributed by atoms with E-state index in [1.807, 2.05) is 6.92 Å². The van der Waals surface area contributed by atoms with Crippen LogP contribution in [0.5, 0.6) is 5.88 Å². The Labute approximate surface area is 174 Å². The SMILES string of the molecule is COc1nn(CC(=O)Nc2nc(-c3ccc(F)cc3)c(C)s2)c(=O)c2ccccc12. The topological polar surface area (TPSA) is 86.1 Å². The largest absolute Gasteiger partial charge is 0.480 e. The first-order chi connectivity index (χ1) is 14.5. The Bertz CT molecular complexity index is 1300. The second-order valence-corrected chi connectivity index (χ2v) is 7.70. The maximum Gasteiger partial charge on any atom is 0.275 e. The van der Waals surface area contributed by atoms with Gasteiger partial charge in [-0.25, -0.2) is 14.1 Å². The van der Waals surface area contributed by atoms with E-state index in [9.17, 15) is 14.0 Å². The van der Waals surface area contributed by atoms with Crippen LogP contribution in [0, 0.1) is 12.7 Å². The fourth-order valence-corrected chi connectivity index (χ4v) is 3.93. The molecule has 0 aliphatic carbocycles. The molecule has 0 aliphatic heterocycles. The lowest BCUT2D eigenvalue weighted by molar-refractivity contribution is -0.117. The predicted octanol–water partition coefficient (Wildman–Crippen LogP) is 3.61. The van der Waals surface area contributed by atoms with Crippen LogP contribution in [0.2, 0.25) is 0 Å². The van der Waals surface area contributed by atoms with Crippen molar-refractivity contribution < 1.29 is 13.9 Å². The quantitative estimate of drug-likeness (QED) is 0.529. The molecular weight excluding hydrogens is 407 g/mol. The maximum atomic E-state index is 13.2. The molecule has 0 fully saturated rings. The average molecular weight is 424 g/mol. The molecule has 0 unspecified atom stereocenters. The van der Waals surface area contributed by atoms with Crippen LogP contribution in [0.25, 0.3) is 22.0 Å². The van der Waals surface area contributed by atoms with Gasteiger partial charge in [-0.15, -0.1) is 16.4 Å². The lowest BCUT2D eigenvalue weighted by atomic mass is 10.1. The number of carbonyl (C=O) groups excluding carboxylic acids is 1. The van der Waals surface area contributed by atoms with Crippen molar-refractivity contribution in [2.24, 2.45) is 0 Å². The summed E-state index contributed by atoms with van der Waals surface area (Å²) in [6.07, 6.45) is 0. The molecule has 152 valence electrons. The number of aromatic nitrogens is 3. The zero-order chi connectivity index (χ0) is 21.3. The Morgan fingerprint density at radius 3 is 2.57 bits per heavy atom. The number of ether oxygens (including phenoxy) is 1. The fraction of sp³-hybridized carbons (Fsp3) is 0.143. The van der Waals surface area contributed by atoms with Crippen LogP contribution < -0.4 is 15.6 Å². The van der Waals surface area contributed by atoms with Gasteiger partial charge in [-0.2, -0.15) is 0 Å². The van der Waals surface area contributed by atoms with Gasteiger partial charge < -0.3 is 10.1 Å². The molecule has 0 saturated carbocycles. The molecule has 0 atom stereocenters. The predicted molar refractivity (Wildman–Crippen MR) is 113 cm³/mol. The van der Waals surface area contributed by atoms with Gasteiger partial charge in [0.1, 0.15) is 12.4 Å². The van der Waals surface area contributed by atoms with E-state index in [2.05, 4.69) is 15.4 Å². The van der Waals surface area contributed by atoms with E-state index in [-0.39, 0.29) is 23.8 Å². The van der Waals surface area contributed by atoms with Gasteiger partial charge in [0.05, 0.1) is 23.6 Å². The zero-order valence-corrected chi connectivity index (χ0v) is 17.0. The number of nitrogens with one attached hydrogen (secondary N) is 1. The number of hydrogen-bond donors (Lipinski definition) is 1. The molecule has 4 aromatic rings. The van der Waals surface area contributed by atoms with E-state index in [0.717, 1.165) is 15.1 Å². The smallest absolute Gasteiger partial charge is 0.275 e. The van der Waals surface area contributed by atoms with Crippen molar-refractivity contribution in [2.45, 2.75) is 13.5 Å². The van der Waals surface area contributed by atoms with E-state index in [4.69, 9.17) is 4.74 Å². The first-order valence-electron chi connectivity index (χ1n) is 9.03. The number of carbonyl (C=O) groups is 1. The standard InChI is InChI=1S/C21H17FN4O3S/c1-12-18(13-7-9-14(22)10-8-13)24-21(30-12)23-17(27)11-26-20(28)16-6-4-3-5-15(16)19(25-26)29-2/h3-10H,11H2,1-2H3,(H,23,24,27). The van der Waals surface area contributed by atoms with E-state index >= 15 is 0 Å². The zero-order valence-electron chi connectivity index (χ0n) is 16.2. The minimum absolute atomic E-state index is 0.265. The van der Waals surface area contributed by atoms with Crippen molar-refractivity contribution in [3.8, 4) is 17.1 Å².